The molecule has 1 aliphatic rings. The molecule has 2 aromatic rings. The highest BCUT2D eigenvalue weighted by Crippen LogP contribution is 2.20. The highest BCUT2D eigenvalue weighted by Gasteiger charge is 2.21. The molecule has 3 heterocycles. The number of rotatable bonds is 4. The SMILES string of the molecule is Cc1nc(C)n(C[C@@H]2CCCN(Cc3cnn(C)c3)C2)n1. The van der Waals surface area contributed by atoms with E-state index in [1.807, 2.05) is 31.8 Å². The van der Waals surface area contributed by atoms with Crippen LogP contribution < -0.4 is 0 Å². The third-order valence-corrected chi connectivity index (χ3v) is 4.16. The Labute approximate surface area is 125 Å². The minimum absolute atomic E-state index is 0.662. The Kier molecular flexibility index (Phi) is 4.05. The molecule has 0 unspecified atom stereocenters. The molecule has 1 fully saturated rings. The predicted molar refractivity (Wildman–Crippen MR) is 80.7 cm³/mol. The normalized spacial score (nSPS) is 20.0. The van der Waals surface area contributed by atoms with Crippen LogP contribution in [-0.2, 0) is 20.1 Å². The second-order valence-corrected chi connectivity index (χ2v) is 6.15. The number of hydrogen-bond acceptors (Lipinski definition) is 4. The fraction of sp³-hybridized carbons (Fsp3) is 0.667. The van der Waals surface area contributed by atoms with Gasteiger partial charge in [0.15, 0.2) is 0 Å². The zero-order valence-corrected chi connectivity index (χ0v) is 13.2. The summed E-state index contributed by atoms with van der Waals surface area (Å²) in [6, 6.07) is 0. The lowest BCUT2D eigenvalue weighted by Gasteiger charge is -2.32. The molecule has 2 aromatic heterocycles. The molecule has 0 aromatic carbocycles. The standard InChI is InChI=1S/C15H24N6/c1-12-17-13(2)21(18-12)11-14-5-4-6-20(9-14)10-15-7-16-19(3)8-15/h7-8,14H,4-6,9-11H2,1-3H3/t14-/m1/s1. The van der Waals surface area contributed by atoms with Crippen LogP contribution in [0.4, 0.5) is 0 Å². The number of piperidine rings is 1. The summed E-state index contributed by atoms with van der Waals surface area (Å²) in [6.07, 6.45) is 6.61. The maximum Gasteiger partial charge on any atom is 0.147 e. The molecule has 0 bridgehead atoms. The Morgan fingerprint density at radius 3 is 2.86 bits per heavy atom. The molecule has 0 amide bonds. The Bertz CT molecular complexity index is 599. The molecule has 6 nitrogen and oxygen atoms in total. The molecule has 1 saturated heterocycles. The summed E-state index contributed by atoms with van der Waals surface area (Å²) in [4.78, 5) is 6.93. The molecule has 1 aliphatic heterocycles. The topological polar surface area (TPSA) is 51.8 Å². The first-order valence-corrected chi connectivity index (χ1v) is 7.68. The van der Waals surface area contributed by atoms with Gasteiger partial charge in [-0.15, -0.1) is 0 Å². The smallest absolute Gasteiger partial charge is 0.147 e. The summed E-state index contributed by atoms with van der Waals surface area (Å²) in [6.45, 7) is 8.29. The van der Waals surface area contributed by atoms with Crippen molar-refractivity contribution in [2.75, 3.05) is 13.1 Å². The summed E-state index contributed by atoms with van der Waals surface area (Å²) in [5.41, 5.74) is 1.30. The third kappa shape index (κ3) is 3.50. The van der Waals surface area contributed by atoms with E-state index in [0.717, 1.165) is 31.3 Å². The second kappa shape index (κ2) is 5.97. The van der Waals surface area contributed by atoms with Crippen molar-refractivity contribution in [2.24, 2.45) is 13.0 Å². The van der Waals surface area contributed by atoms with E-state index in [0.29, 0.717) is 5.92 Å². The van der Waals surface area contributed by atoms with E-state index < -0.39 is 0 Å². The van der Waals surface area contributed by atoms with Crippen molar-refractivity contribution in [1.82, 2.24) is 29.4 Å². The quantitative estimate of drug-likeness (QED) is 0.856. The van der Waals surface area contributed by atoms with Gasteiger partial charge in [-0.1, -0.05) is 0 Å². The maximum absolute atomic E-state index is 4.49. The van der Waals surface area contributed by atoms with Gasteiger partial charge in [-0.25, -0.2) is 9.67 Å². The van der Waals surface area contributed by atoms with Gasteiger partial charge in [0, 0.05) is 38.4 Å². The van der Waals surface area contributed by atoms with Crippen LogP contribution in [0.15, 0.2) is 12.4 Å². The number of nitrogens with zero attached hydrogens (tertiary/aromatic N) is 6. The van der Waals surface area contributed by atoms with Gasteiger partial charge in [-0.2, -0.15) is 10.2 Å². The van der Waals surface area contributed by atoms with Crippen molar-refractivity contribution in [1.29, 1.82) is 0 Å². The van der Waals surface area contributed by atoms with Crippen LogP contribution in [0.1, 0.15) is 30.1 Å². The van der Waals surface area contributed by atoms with E-state index in [9.17, 15) is 0 Å². The van der Waals surface area contributed by atoms with Crippen LogP contribution >= 0.6 is 0 Å². The average molecular weight is 288 g/mol. The summed E-state index contributed by atoms with van der Waals surface area (Å²) in [7, 11) is 1.97. The molecule has 114 valence electrons. The largest absolute Gasteiger partial charge is 0.299 e. The third-order valence-electron chi connectivity index (χ3n) is 4.16. The Morgan fingerprint density at radius 1 is 1.33 bits per heavy atom. The summed E-state index contributed by atoms with van der Waals surface area (Å²) in [5, 5.41) is 8.74. The molecule has 0 radical (unpaired) electrons. The predicted octanol–water partition coefficient (Wildman–Crippen LogP) is 1.54. The molecule has 21 heavy (non-hydrogen) atoms. The van der Waals surface area contributed by atoms with Crippen molar-refractivity contribution in [2.45, 2.75) is 39.8 Å². The summed E-state index contributed by atoms with van der Waals surface area (Å²) >= 11 is 0. The number of likely N-dealkylation sites (tertiary alicyclic amines) is 1. The van der Waals surface area contributed by atoms with Crippen molar-refractivity contribution in [3.63, 3.8) is 0 Å². The lowest BCUT2D eigenvalue weighted by Crippen LogP contribution is -2.36. The number of hydrogen-bond donors (Lipinski definition) is 0. The Morgan fingerprint density at radius 2 is 2.19 bits per heavy atom. The zero-order valence-electron chi connectivity index (χ0n) is 13.2. The van der Waals surface area contributed by atoms with E-state index in [1.165, 1.54) is 24.9 Å². The first-order chi connectivity index (χ1) is 10.1. The number of aryl methyl sites for hydroxylation is 3. The lowest BCUT2D eigenvalue weighted by atomic mass is 9.98. The lowest BCUT2D eigenvalue weighted by molar-refractivity contribution is 0.152. The van der Waals surface area contributed by atoms with Crippen molar-refractivity contribution >= 4 is 0 Å². The Hall–Kier alpha value is -1.69. The van der Waals surface area contributed by atoms with E-state index in [1.54, 1.807) is 0 Å². The molecule has 1 atom stereocenters. The van der Waals surface area contributed by atoms with Crippen LogP contribution in [0.5, 0.6) is 0 Å². The van der Waals surface area contributed by atoms with Gasteiger partial charge in [-0.3, -0.25) is 9.58 Å². The van der Waals surface area contributed by atoms with Gasteiger partial charge in [0.2, 0.25) is 0 Å². The molecule has 0 aliphatic carbocycles. The van der Waals surface area contributed by atoms with E-state index in [-0.39, 0.29) is 0 Å². The van der Waals surface area contributed by atoms with Crippen LogP contribution in [0.2, 0.25) is 0 Å². The monoisotopic (exact) mass is 288 g/mol. The maximum atomic E-state index is 4.49. The van der Waals surface area contributed by atoms with Crippen LogP contribution in [-0.4, -0.2) is 42.5 Å². The van der Waals surface area contributed by atoms with Gasteiger partial charge in [-0.05, 0) is 39.2 Å². The van der Waals surface area contributed by atoms with Crippen molar-refractivity contribution < 1.29 is 0 Å². The first kappa shape index (κ1) is 14.3. The first-order valence-electron chi connectivity index (χ1n) is 7.68. The fourth-order valence-corrected chi connectivity index (χ4v) is 3.23. The number of aromatic nitrogens is 5. The fourth-order valence-electron chi connectivity index (χ4n) is 3.23. The van der Waals surface area contributed by atoms with Crippen LogP contribution in [0.3, 0.4) is 0 Å². The molecular formula is C15H24N6. The molecular weight excluding hydrogens is 264 g/mol. The zero-order chi connectivity index (χ0) is 14.8. The van der Waals surface area contributed by atoms with Gasteiger partial charge < -0.3 is 0 Å². The molecule has 3 rings (SSSR count). The highest BCUT2D eigenvalue weighted by atomic mass is 15.3. The molecule has 0 spiro atoms. The van der Waals surface area contributed by atoms with E-state index in [4.69, 9.17) is 0 Å². The average Bonchev–Trinajstić information content (AvgIpc) is 2.96. The summed E-state index contributed by atoms with van der Waals surface area (Å²) in [5.74, 6) is 2.56. The minimum atomic E-state index is 0.662. The molecule has 6 heteroatoms. The van der Waals surface area contributed by atoms with Gasteiger partial charge >= 0.3 is 0 Å². The summed E-state index contributed by atoms with van der Waals surface area (Å²) < 4.78 is 3.94. The van der Waals surface area contributed by atoms with E-state index in [2.05, 4.69) is 31.0 Å². The van der Waals surface area contributed by atoms with Crippen molar-refractivity contribution in [3.8, 4) is 0 Å². The van der Waals surface area contributed by atoms with Crippen LogP contribution in [0, 0.1) is 19.8 Å². The van der Waals surface area contributed by atoms with Crippen LogP contribution in [0.25, 0.3) is 0 Å². The second-order valence-electron chi connectivity index (χ2n) is 6.15. The van der Waals surface area contributed by atoms with Crippen molar-refractivity contribution in [3.05, 3.63) is 29.6 Å². The molecule has 0 N–H and O–H groups in total. The minimum Gasteiger partial charge on any atom is -0.299 e. The van der Waals surface area contributed by atoms with E-state index >= 15 is 0 Å². The van der Waals surface area contributed by atoms with Gasteiger partial charge in [0.25, 0.3) is 0 Å². The molecule has 0 saturated carbocycles. The highest BCUT2D eigenvalue weighted by molar-refractivity contribution is 5.03. The van der Waals surface area contributed by atoms with Gasteiger partial charge in [0.05, 0.1) is 6.20 Å². The van der Waals surface area contributed by atoms with Gasteiger partial charge in [0.1, 0.15) is 11.6 Å². The Balaban J connectivity index is 1.59.